The lowest BCUT2D eigenvalue weighted by Crippen LogP contribution is -2.40. The fourth-order valence-corrected chi connectivity index (χ4v) is 1.86. The lowest BCUT2D eigenvalue weighted by atomic mass is 10.3. The number of hydrogen-bond acceptors (Lipinski definition) is 4. The first kappa shape index (κ1) is 14.4. The number of nitrogens with two attached hydrogens (primary N) is 1. The summed E-state index contributed by atoms with van der Waals surface area (Å²) in [6.07, 6.45) is 0.835. The molecule has 0 radical (unpaired) electrons. The summed E-state index contributed by atoms with van der Waals surface area (Å²) in [6.45, 7) is 2.50. The Morgan fingerprint density at radius 3 is 2.56 bits per heavy atom. The number of carbonyl (C=O) groups excluding carboxylic acids is 2. The number of benzene rings is 1. The zero-order valence-corrected chi connectivity index (χ0v) is 11.0. The molecular formula is C12H17N3O2S. The third-order valence-electron chi connectivity index (χ3n) is 2.04. The van der Waals surface area contributed by atoms with Crippen molar-refractivity contribution in [3.8, 4) is 0 Å². The zero-order chi connectivity index (χ0) is 13.4. The van der Waals surface area contributed by atoms with Crippen LogP contribution in [0.1, 0.15) is 13.3 Å². The van der Waals surface area contributed by atoms with E-state index in [1.165, 1.54) is 11.8 Å². The van der Waals surface area contributed by atoms with Gasteiger partial charge in [0, 0.05) is 17.1 Å². The van der Waals surface area contributed by atoms with Crippen molar-refractivity contribution in [2.45, 2.75) is 18.2 Å². The molecule has 5 nitrogen and oxygen atoms in total. The van der Waals surface area contributed by atoms with E-state index in [2.05, 4.69) is 10.6 Å². The number of thioether (sulfide) groups is 1. The number of anilines is 1. The van der Waals surface area contributed by atoms with Gasteiger partial charge in [-0.05, 0) is 30.7 Å². The van der Waals surface area contributed by atoms with Crippen molar-refractivity contribution in [1.82, 2.24) is 10.6 Å². The van der Waals surface area contributed by atoms with Gasteiger partial charge in [-0.3, -0.25) is 10.1 Å². The highest BCUT2D eigenvalue weighted by Crippen LogP contribution is 2.18. The minimum absolute atomic E-state index is 0.198. The standard InChI is InChI=1S/C12H17N3O2S/c1-2-7-14-12(17)15-11(16)8-18-10-5-3-9(13)4-6-10/h3-6H,2,7-8,13H2,1H3,(H2,14,15,16,17). The number of carbonyl (C=O) groups is 2. The molecule has 1 rings (SSSR count). The van der Waals surface area contributed by atoms with Crippen LogP contribution >= 0.6 is 11.8 Å². The third kappa shape index (κ3) is 5.58. The summed E-state index contributed by atoms with van der Waals surface area (Å²) >= 11 is 1.36. The van der Waals surface area contributed by atoms with Crippen molar-refractivity contribution in [1.29, 1.82) is 0 Å². The summed E-state index contributed by atoms with van der Waals surface area (Å²) in [7, 11) is 0. The lowest BCUT2D eigenvalue weighted by molar-refractivity contribution is -0.117. The minimum atomic E-state index is -0.445. The van der Waals surface area contributed by atoms with Crippen molar-refractivity contribution < 1.29 is 9.59 Å². The quantitative estimate of drug-likeness (QED) is 0.559. The first-order valence-corrected chi connectivity index (χ1v) is 6.66. The first-order chi connectivity index (χ1) is 8.61. The van der Waals surface area contributed by atoms with Gasteiger partial charge < -0.3 is 11.1 Å². The Balaban J connectivity index is 2.28. The van der Waals surface area contributed by atoms with Crippen molar-refractivity contribution in [3.63, 3.8) is 0 Å². The van der Waals surface area contributed by atoms with E-state index in [1.54, 1.807) is 12.1 Å². The molecule has 4 N–H and O–H groups in total. The molecule has 0 unspecified atom stereocenters. The number of nitrogen functional groups attached to an aromatic ring is 1. The normalized spacial score (nSPS) is 9.83. The smallest absolute Gasteiger partial charge is 0.321 e. The van der Waals surface area contributed by atoms with Crippen molar-refractivity contribution >= 4 is 29.4 Å². The van der Waals surface area contributed by atoms with Crippen LogP contribution in [0.5, 0.6) is 0 Å². The molecule has 0 fully saturated rings. The average Bonchev–Trinajstić information content (AvgIpc) is 2.35. The van der Waals surface area contributed by atoms with Gasteiger partial charge in [0.1, 0.15) is 0 Å². The monoisotopic (exact) mass is 267 g/mol. The molecule has 0 aliphatic heterocycles. The minimum Gasteiger partial charge on any atom is -0.399 e. The number of amides is 3. The van der Waals surface area contributed by atoms with Crippen LogP contribution in [-0.4, -0.2) is 24.2 Å². The molecular weight excluding hydrogens is 250 g/mol. The maximum Gasteiger partial charge on any atom is 0.321 e. The molecule has 0 heterocycles. The van der Waals surface area contributed by atoms with E-state index in [4.69, 9.17) is 5.73 Å². The molecule has 0 spiro atoms. The van der Waals surface area contributed by atoms with E-state index in [1.807, 2.05) is 19.1 Å². The number of hydrogen-bond donors (Lipinski definition) is 3. The molecule has 3 amide bonds. The third-order valence-corrected chi connectivity index (χ3v) is 3.05. The summed E-state index contributed by atoms with van der Waals surface area (Å²) < 4.78 is 0. The summed E-state index contributed by atoms with van der Waals surface area (Å²) in [6, 6.07) is 6.77. The first-order valence-electron chi connectivity index (χ1n) is 5.68. The second kappa shape index (κ2) is 7.60. The van der Waals surface area contributed by atoms with Crippen LogP contribution in [0.25, 0.3) is 0 Å². The Kier molecular flexibility index (Phi) is 6.07. The lowest BCUT2D eigenvalue weighted by Gasteiger charge is -2.05. The average molecular weight is 267 g/mol. The van der Waals surface area contributed by atoms with Gasteiger partial charge >= 0.3 is 6.03 Å². The van der Waals surface area contributed by atoms with Crippen LogP contribution in [0.4, 0.5) is 10.5 Å². The highest BCUT2D eigenvalue weighted by Gasteiger charge is 2.07. The van der Waals surface area contributed by atoms with Gasteiger partial charge in [0.25, 0.3) is 0 Å². The fourth-order valence-electron chi connectivity index (χ4n) is 1.16. The molecule has 0 saturated heterocycles. The zero-order valence-electron chi connectivity index (χ0n) is 10.2. The van der Waals surface area contributed by atoms with Gasteiger partial charge in [0.15, 0.2) is 0 Å². The van der Waals surface area contributed by atoms with Crippen LogP contribution in [0, 0.1) is 0 Å². The molecule has 0 aromatic heterocycles. The Morgan fingerprint density at radius 1 is 1.28 bits per heavy atom. The number of urea groups is 1. The predicted molar refractivity (Wildman–Crippen MR) is 73.4 cm³/mol. The van der Waals surface area contributed by atoms with Gasteiger partial charge in [-0.1, -0.05) is 6.92 Å². The van der Waals surface area contributed by atoms with Crippen molar-refractivity contribution in [2.24, 2.45) is 0 Å². The Labute approximate surface area is 111 Å². The number of nitrogens with one attached hydrogen (secondary N) is 2. The summed E-state index contributed by atoms with van der Waals surface area (Å²) in [5, 5.41) is 4.83. The summed E-state index contributed by atoms with van der Waals surface area (Å²) in [4.78, 5) is 23.6. The largest absolute Gasteiger partial charge is 0.399 e. The van der Waals surface area contributed by atoms with Crippen molar-refractivity contribution in [2.75, 3.05) is 18.0 Å². The van der Waals surface area contributed by atoms with E-state index in [-0.39, 0.29) is 11.7 Å². The summed E-state index contributed by atoms with van der Waals surface area (Å²) in [5.74, 6) is -0.117. The van der Waals surface area contributed by atoms with E-state index in [0.29, 0.717) is 12.2 Å². The summed E-state index contributed by atoms with van der Waals surface area (Å²) in [5.41, 5.74) is 6.24. The van der Waals surface area contributed by atoms with Gasteiger partial charge in [-0.15, -0.1) is 11.8 Å². The van der Waals surface area contributed by atoms with Gasteiger partial charge in [0.2, 0.25) is 5.91 Å². The van der Waals surface area contributed by atoms with Gasteiger partial charge in [-0.25, -0.2) is 4.79 Å². The highest BCUT2D eigenvalue weighted by molar-refractivity contribution is 8.00. The van der Waals surface area contributed by atoms with E-state index in [0.717, 1.165) is 11.3 Å². The Bertz CT molecular complexity index is 406. The molecule has 0 saturated carbocycles. The van der Waals surface area contributed by atoms with Crippen LogP contribution in [0.3, 0.4) is 0 Å². The van der Waals surface area contributed by atoms with Gasteiger partial charge in [0.05, 0.1) is 5.75 Å². The van der Waals surface area contributed by atoms with E-state index in [9.17, 15) is 9.59 Å². The van der Waals surface area contributed by atoms with Crippen LogP contribution in [-0.2, 0) is 4.79 Å². The second-order valence-electron chi connectivity index (χ2n) is 3.66. The Morgan fingerprint density at radius 2 is 1.94 bits per heavy atom. The second-order valence-corrected chi connectivity index (χ2v) is 4.71. The maximum atomic E-state index is 11.4. The molecule has 0 bridgehead atoms. The highest BCUT2D eigenvalue weighted by atomic mass is 32.2. The van der Waals surface area contributed by atoms with Crippen LogP contribution in [0.15, 0.2) is 29.2 Å². The van der Waals surface area contributed by atoms with Crippen LogP contribution < -0.4 is 16.4 Å². The number of rotatable bonds is 5. The SMILES string of the molecule is CCCNC(=O)NC(=O)CSc1ccc(N)cc1. The molecule has 1 aromatic rings. The van der Waals surface area contributed by atoms with Crippen LogP contribution in [0.2, 0.25) is 0 Å². The molecule has 6 heteroatoms. The molecule has 0 aliphatic rings. The predicted octanol–water partition coefficient (Wildman–Crippen LogP) is 1.60. The molecule has 1 aromatic carbocycles. The van der Waals surface area contributed by atoms with E-state index >= 15 is 0 Å². The van der Waals surface area contributed by atoms with E-state index < -0.39 is 6.03 Å². The molecule has 98 valence electrons. The molecule has 0 atom stereocenters. The topological polar surface area (TPSA) is 84.2 Å². The fraction of sp³-hybridized carbons (Fsp3) is 0.333. The maximum absolute atomic E-state index is 11.4. The molecule has 0 aliphatic carbocycles. The number of imide groups is 1. The Hall–Kier alpha value is -1.69. The van der Waals surface area contributed by atoms with Gasteiger partial charge in [-0.2, -0.15) is 0 Å². The van der Waals surface area contributed by atoms with Crippen molar-refractivity contribution in [3.05, 3.63) is 24.3 Å². The molecule has 18 heavy (non-hydrogen) atoms.